The third kappa shape index (κ3) is 3.86. The van der Waals surface area contributed by atoms with Crippen molar-refractivity contribution in [2.45, 2.75) is 56.8 Å². The van der Waals surface area contributed by atoms with Gasteiger partial charge in [-0.25, -0.2) is 9.89 Å². The van der Waals surface area contributed by atoms with Crippen molar-refractivity contribution in [3.05, 3.63) is 10.5 Å². The van der Waals surface area contributed by atoms with E-state index in [0.717, 1.165) is 0 Å². The number of rotatable bonds is 8. The molecule has 0 spiro atoms. The van der Waals surface area contributed by atoms with Crippen molar-refractivity contribution >= 4 is 17.7 Å². The molecular weight excluding hydrogens is 280 g/mol. The molecule has 0 aliphatic rings. The van der Waals surface area contributed by atoms with Crippen LogP contribution in [0.3, 0.4) is 0 Å². The van der Waals surface area contributed by atoms with Crippen LogP contribution in [0.15, 0.2) is 9.95 Å². The quantitative estimate of drug-likeness (QED) is 0.491. The number of carboxylic acid groups (broad SMARTS) is 1. The first kappa shape index (κ1) is 16.8. The van der Waals surface area contributed by atoms with Crippen molar-refractivity contribution in [1.82, 2.24) is 14.8 Å². The maximum atomic E-state index is 11.5. The summed E-state index contributed by atoms with van der Waals surface area (Å²) >= 11 is 1.43. The standard InChI is InChI=1S/C12H22N4O3S/c1-4-12(13,9(17)18)6-5-7-20-11-15-14-10(19)16(11)8(2)3/h8H,4-7,13H2,1-3H3,(H,14,19)(H,17,18). The maximum Gasteiger partial charge on any atom is 0.344 e. The first-order chi connectivity index (χ1) is 9.31. The summed E-state index contributed by atoms with van der Waals surface area (Å²) in [6.45, 7) is 5.59. The average molecular weight is 302 g/mol. The fraction of sp³-hybridized carbons (Fsp3) is 0.750. The Morgan fingerprint density at radius 3 is 2.75 bits per heavy atom. The van der Waals surface area contributed by atoms with Crippen molar-refractivity contribution in [3.8, 4) is 0 Å². The summed E-state index contributed by atoms with van der Waals surface area (Å²) in [5.74, 6) is -0.299. The topological polar surface area (TPSA) is 114 Å². The number of aromatic nitrogens is 3. The number of nitrogens with two attached hydrogens (primary N) is 1. The number of H-pyrrole nitrogens is 1. The lowest BCUT2D eigenvalue weighted by atomic mass is 9.92. The van der Waals surface area contributed by atoms with Gasteiger partial charge in [0, 0.05) is 11.8 Å². The largest absolute Gasteiger partial charge is 0.480 e. The van der Waals surface area contributed by atoms with E-state index in [9.17, 15) is 9.59 Å². The summed E-state index contributed by atoms with van der Waals surface area (Å²) in [4.78, 5) is 22.6. The predicted molar refractivity (Wildman–Crippen MR) is 78.0 cm³/mol. The van der Waals surface area contributed by atoms with Gasteiger partial charge >= 0.3 is 11.7 Å². The fourth-order valence-electron chi connectivity index (χ4n) is 1.83. The van der Waals surface area contributed by atoms with E-state index in [1.807, 2.05) is 13.8 Å². The van der Waals surface area contributed by atoms with E-state index < -0.39 is 11.5 Å². The van der Waals surface area contributed by atoms with E-state index >= 15 is 0 Å². The van der Waals surface area contributed by atoms with Crippen LogP contribution in [-0.2, 0) is 4.79 Å². The van der Waals surface area contributed by atoms with E-state index in [2.05, 4.69) is 10.2 Å². The Bertz CT molecular complexity index is 511. The first-order valence-corrected chi connectivity index (χ1v) is 7.62. The van der Waals surface area contributed by atoms with Crippen molar-refractivity contribution in [1.29, 1.82) is 0 Å². The molecule has 0 radical (unpaired) electrons. The molecule has 0 bridgehead atoms. The molecule has 0 fully saturated rings. The molecule has 0 amide bonds. The molecule has 1 aromatic rings. The number of hydrogen-bond acceptors (Lipinski definition) is 5. The van der Waals surface area contributed by atoms with Crippen molar-refractivity contribution < 1.29 is 9.90 Å². The van der Waals surface area contributed by atoms with Gasteiger partial charge < -0.3 is 10.8 Å². The van der Waals surface area contributed by atoms with E-state index in [0.29, 0.717) is 30.2 Å². The van der Waals surface area contributed by atoms with Gasteiger partial charge in [-0.2, -0.15) is 0 Å². The lowest BCUT2D eigenvalue weighted by Crippen LogP contribution is -2.47. The monoisotopic (exact) mass is 302 g/mol. The van der Waals surface area contributed by atoms with Crippen LogP contribution in [0.1, 0.15) is 46.1 Å². The smallest absolute Gasteiger partial charge is 0.344 e. The summed E-state index contributed by atoms with van der Waals surface area (Å²) in [6, 6.07) is 0.0343. The Morgan fingerprint density at radius 2 is 2.25 bits per heavy atom. The number of carbonyl (C=O) groups is 1. The molecule has 4 N–H and O–H groups in total. The zero-order valence-corrected chi connectivity index (χ0v) is 12.9. The summed E-state index contributed by atoms with van der Waals surface area (Å²) < 4.78 is 1.58. The number of aromatic amines is 1. The Morgan fingerprint density at radius 1 is 1.60 bits per heavy atom. The molecule has 1 rings (SSSR count). The Balaban J connectivity index is 2.54. The summed E-state index contributed by atoms with van der Waals surface area (Å²) in [7, 11) is 0. The lowest BCUT2D eigenvalue weighted by molar-refractivity contribution is -0.143. The summed E-state index contributed by atoms with van der Waals surface area (Å²) in [5.41, 5.74) is 4.43. The normalized spacial score (nSPS) is 14.4. The van der Waals surface area contributed by atoms with Crippen LogP contribution in [0, 0.1) is 0 Å². The highest BCUT2D eigenvalue weighted by Gasteiger charge is 2.31. The Hall–Kier alpha value is -1.28. The highest BCUT2D eigenvalue weighted by molar-refractivity contribution is 7.99. The Labute approximate surface area is 121 Å². The minimum absolute atomic E-state index is 0.0343. The lowest BCUT2D eigenvalue weighted by Gasteiger charge is -2.22. The molecule has 1 unspecified atom stereocenters. The van der Waals surface area contributed by atoms with Crippen LogP contribution >= 0.6 is 11.8 Å². The molecule has 1 aromatic heterocycles. The van der Waals surface area contributed by atoms with Crippen LogP contribution in [0.2, 0.25) is 0 Å². The van der Waals surface area contributed by atoms with Gasteiger partial charge in [-0.3, -0.25) is 9.36 Å². The molecule has 1 heterocycles. The molecule has 20 heavy (non-hydrogen) atoms. The number of carboxylic acids is 1. The molecule has 114 valence electrons. The van der Waals surface area contributed by atoms with Gasteiger partial charge in [-0.1, -0.05) is 18.7 Å². The van der Waals surface area contributed by atoms with Crippen LogP contribution in [0.4, 0.5) is 0 Å². The van der Waals surface area contributed by atoms with Crippen LogP contribution in [-0.4, -0.2) is 37.1 Å². The number of thioether (sulfide) groups is 1. The van der Waals surface area contributed by atoms with Crippen molar-refractivity contribution in [2.24, 2.45) is 5.73 Å². The van der Waals surface area contributed by atoms with Gasteiger partial charge in [-0.05, 0) is 33.1 Å². The molecule has 1 atom stereocenters. The number of hydrogen-bond donors (Lipinski definition) is 3. The zero-order chi connectivity index (χ0) is 15.3. The second-order valence-corrected chi connectivity index (χ2v) is 6.10. The molecule has 0 aliphatic carbocycles. The summed E-state index contributed by atoms with van der Waals surface area (Å²) in [5, 5.41) is 16.1. The molecule has 0 aromatic carbocycles. The highest BCUT2D eigenvalue weighted by Crippen LogP contribution is 2.21. The minimum Gasteiger partial charge on any atom is -0.480 e. The third-order valence-electron chi connectivity index (χ3n) is 3.24. The van der Waals surface area contributed by atoms with Crippen molar-refractivity contribution in [3.63, 3.8) is 0 Å². The van der Waals surface area contributed by atoms with Gasteiger partial charge in [0.05, 0.1) is 0 Å². The molecular formula is C12H22N4O3S. The van der Waals surface area contributed by atoms with Gasteiger partial charge in [0.1, 0.15) is 5.54 Å². The highest BCUT2D eigenvalue weighted by atomic mass is 32.2. The SMILES string of the molecule is CCC(N)(CCCSc1n[nH]c(=O)n1C(C)C)C(=O)O. The molecule has 0 saturated carbocycles. The molecule has 0 aliphatic heterocycles. The van der Waals surface area contributed by atoms with E-state index in [1.165, 1.54) is 11.8 Å². The summed E-state index contributed by atoms with van der Waals surface area (Å²) in [6.07, 6.45) is 1.45. The average Bonchev–Trinajstić information content (AvgIpc) is 2.75. The molecule has 7 nitrogen and oxygen atoms in total. The fourth-order valence-corrected chi connectivity index (χ4v) is 2.85. The minimum atomic E-state index is -1.16. The maximum absolute atomic E-state index is 11.5. The van der Waals surface area contributed by atoms with Crippen LogP contribution < -0.4 is 11.4 Å². The van der Waals surface area contributed by atoms with Crippen LogP contribution in [0.5, 0.6) is 0 Å². The van der Waals surface area contributed by atoms with E-state index in [1.54, 1.807) is 11.5 Å². The predicted octanol–water partition coefficient (Wildman–Crippen LogP) is 1.22. The number of nitrogens with one attached hydrogen (secondary N) is 1. The molecule has 8 heteroatoms. The second kappa shape index (κ2) is 6.94. The van der Waals surface area contributed by atoms with Gasteiger partial charge in [-0.15, -0.1) is 5.10 Å². The van der Waals surface area contributed by atoms with Gasteiger partial charge in [0.2, 0.25) is 0 Å². The molecule has 0 saturated heterocycles. The zero-order valence-electron chi connectivity index (χ0n) is 12.0. The van der Waals surface area contributed by atoms with Gasteiger partial charge in [0.15, 0.2) is 5.16 Å². The number of nitrogens with zero attached hydrogens (tertiary/aromatic N) is 2. The van der Waals surface area contributed by atoms with Crippen molar-refractivity contribution in [2.75, 3.05) is 5.75 Å². The third-order valence-corrected chi connectivity index (χ3v) is 4.28. The number of aliphatic carboxylic acids is 1. The Kier molecular flexibility index (Phi) is 5.82. The van der Waals surface area contributed by atoms with Gasteiger partial charge in [0.25, 0.3) is 0 Å². The van der Waals surface area contributed by atoms with Crippen LogP contribution in [0.25, 0.3) is 0 Å². The van der Waals surface area contributed by atoms with E-state index in [4.69, 9.17) is 10.8 Å². The first-order valence-electron chi connectivity index (χ1n) is 6.63. The second-order valence-electron chi connectivity index (χ2n) is 5.04. The van der Waals surface area contributed by atoms with E-state index in [-0.39, 0.29) is 11.7 Å².